The first kappa shape index (κ1) is 11.9. The predicted molar refractivity (Wildman–Crippen MR) is 73.2 cm³/mol. The molecule has 1 unspecified atom stereocenters. The average molecular weight is 260 g/mol. The van der Waals surface area contributed by atoms with Crippen molar-refractivity contribution in [3.8, 4) is 0 Å². The summed E-state index contributed by atoms with van der Waals surface area (Å²) in [5, 5.41) is 8.17. The van der Waals surface area contributed by atoms with E-state index in [-0.39, 0.29) is 6.04 Å². The van der Waals surface area contributed by atoms with Crippen LogP contribution in [0.4, 0.5) is 0 Å². The van der Waals surface area contributed by atoms with E-state index in [9.17, 15) is 0 Å². The number of rotatable bonds is 3. The van der Waals surface area contributed by atoms with Gasteiger partial charge in [-0.15, -0.1) is 10.2 Å². The molecule has 1 heterocycles. The van der Waals surface area contributed by atoms with Crippen molar-refractivity contribution in [2.45, 2.75) is 44.6 Å². The summed E-state index contributed by atoms with van der Waals surface area (Å²) in [6, 6.07) is 0.276. The van der Waals surface area contributed by atoms with E-state index >= 15 is 0 Å². The fraction of sp³-hybridized carbons (Fsp3) is 0.867. The van der Waals surface area contributed by atoms with Gasteiger partial charge >= 0.3 is 0 Å². The van der Waals surface area contributed by atoms with E-state index in [1.807, 2.05) is 11.6 Å². The van der Waals surface area contributed by atoms with Gasteiger partial charge in [-0.05, 0) is 61.7 Å². The molecule has 4 nitrogen and oxygen atoms in total. The van der Waals surface area contributed by atoms with Crippen LogP contribution in [0.25, 0.3) is 0 Å². The molecule has 0 saturated heterocycles. The van der Waals surface area contributed by atoms with Gasteiger partial charge in [-0.3, -0.25) is 0 Å². The summed E-state index contributed by atoms with van der Waals surface area (Å²) in [6.45, 7) is 0. The van der Waals surface area contributed by atoms with Crippen LogP contribution in [0.15, 0.2) is 6.33 Å². The molecule has 5 rings (SSSR count). The van der Waals surface area contributed by atoms with Crippen molar-refractivity contribution in [1.82, 2.24) is 14.8 Å². The molecule has 19 heavy (non-hydrogen) atoms. The van der Waals surface area contributed by atoms with Gasteiger partial charge in [0.1, 0.15) is 12.2 Å². The van der Waals surface area contributed by atoms with Crippen LogP contribution in [0, 0.1) is 29.6 Å². The Morgan fingerprint density at radius 3 is 2.37 bits per heavy atom. The summed E-state index contributed by atoms with van der Waals surface area (Å²) in [7, 11) is 2.01. The highest BCUT2D eigenvalue weighted by molar-refractivity contribution is 5.03. The first-order valence-electron chi connectivity index (χ1n) is 7.79. The Bertz CT molecular complexity index is 438. The standard InChI is InChI=1S/C15H24N4/c1-19-8-17-18-14(19)7-13(16)15-11-3-9-2-10(5-11)6-12(15)4-9/h8-13,15H,2-7,16H2,1H3. The van der Waals surface area contributed by atoms with Gasteiger partial charge in [0.15, 0.2) is 0 Å². The van der Waals surface area contributed by atoms with E-state index in [4.69, 9.17) is 5.73 Å². The van der Waals surface area contributed by atoms with Gasteiger partial charge in [-0.2, -0.15) is 0 Å². The lowest BCUT2D eigenvalue weighted by atomic mass is 9.50. The fourth-order valence-electron chi connectivity index (χ4n) is 5.51. The maximum Gasteiger partial charge on any atom is 0.134 e. The summed E-state index contributed by atoms with van der Waals surface area (Å²) < 4.78 is 2.01. The number of hydrogen-bond acceptors (Lipinski definition) is 3. The fourth-order valence-corrected chi connectivity index (χ4v) is 5.51. The Balaban J connectivity index is 1.51. The van der Waals surface area contributed by atoms with Crippen molar-refractivity contribution in [2.75, 3.05) is 0 Å². The summed E-state index contributed by atoms with van der Waals surface area (Å²) in [6.07, 6.45) is 9.98. The first-order valence-corrected chi connectivity index (χ1v) is 7.79. The average Bonchev–Trinajstić information content (AvgIpc) is 2.73. The van der Waals surface area contributed by atoms with E-state index in [0.29, 0.717) is 0 Å². The molecule has 104 valence electrons. The highest BCUT2D eigenvalue weighted by atomic mass is 15.2. The second-order valence-corrected chi connectivity index (χ2v) is 7.23. The minimum Gasteiger partial charge on any atom is -0.327 e. The molecule has 0 aromatic carbocycles. The molecular weight excluding hydrogens is 236 g/mol. The maximum absolute atomic E-state index is 6.58. The van der Waals surface area contributed by atoms with Crippen LogP contribution in [0.3, 0.4) is 0 Å². The van der Waals surface area contributed by atoms with E-state index < -0.39 is 0 Å². The molecular formula is C15H24N4. The zero-order chi connectivity index (χ0) is 13.0. The summed E-state index contributed by atoms with van der Waals surface area (Å²) in [4.78, 5) is 0. The van der Waals surface area contributed by atoms with Gasteiger partial charge in [-0.1, -0.05) is 0 Å². The van der Waals surface area contributed by atoms with Gasteiger partial charge < -0.3 is 10.3 Å². The van der Waals surface area contributed by atoms with E-state index in [2.05, 4.69) is 10.2 Å². The van der Waals surface area contributed by atoms with Crippen molar-refractivity contribution in [3.63, 3.8) is 0 Å². The molecule has 0 aliphatic heterocycles. The van der Waals surface area contributed by atoms with Crippen LogP contribution >= 0.6 is 0 Å². The van der Waals surface area contributed by atoms with E-state index in [1.165, 1.54) is 32.1 Å². The van der Waals surface area contributed by atoms with Crippen molar-refractivity contribution < 1.29 is 0 Å². The molecule has 0 spiro atoms. The molecule has 4 heteroatoms. The smallest absolute Gasteiger partial charge is 0.134 e. The van der Waals surface area contributed by atoms with Crippen LogP contribution < -0.4 is 5.73 Å². The third-order valence-electron chi connectivity index (χ3n) is 6.02. The predicted octanol–water partition coefficient (Wildman–Crippen LogP) is 1.76. The molecule has 4 fully saturated rings. The van der Waals surface area contributed by atoms with Gasteiger partial charge in [-0.25, -0.2) is 0 Å². The Morgan fingerprint density at radius 1 is 1.21 bits per heavy atom. The van der Waals surface area contributed by atoms with Crippen LogP contribution in [-0.4, -0.2) is 20.8 Å². The summed E-state index contributed by atoms with van der Waals surface area (Å²) in [5.41, 5.74) is 6.58. The molecule has 4 saturated carbocycles. The molecule has 1 aromatic heterocycles. The molecule has 4 aliphatic carbocycles. The molecule has 2 N–H and O–H groups in total. The zero-order valence-electron chi connectivity index (χ0n) is 11.7. The van der Waals surface area contributed by atoms with Gasteiger partial charge in [0.2, 0.25) is 0 Å². The normalized spacial score (nSPS) is 41.7. The van der Waals surface area contributed by atoms with Crippen LogP contribution in [0.2, 0.25) is 0 Å². The van der Waals surface area contributed by atoms with Gasteiger partial charge in [0, 0.05) is 19.5 Å². The lowest BCUT2D eigenvalue weighted by Crippen LogP contribution is -2.52. The lowest BCUT2D eigenvalue weighted by molar-refractivity contribution is -0.0467. The topological polar surface area (TPSA) is 56.7 Å². The monoisotopic (exact) mass is 260 g/mol. The Labute approximate surface area is 114 Å². The van der Waals surface area contributed by atoms with Crippen molar-refractivity contribution >= 4 is 0 Å². The van der Waals surface area contributed by atoms with Crippen molar-refractivity contribution in [3.05, 3.63) is 12.2 Å². The van der Waals surface area contributed by atoms with Crippen molar-refractivity contribution in [2.24, 2.45) is 42.4 Å². The minimum absolute atomic E-state index is 0.276. The van der Waals surface area contributed by atoms with Crippen molar-refractivity contribution in [1.29, 1.82) is 0 Å². The molecule has 4 aliphatic rings. The maximum atomic E-state index is 6.58. The zero-order valence-corrected chi connectivity index (χ0v) is 11.7. The second kappa shape index (κ2) is 4.30. The quantitative estimate of drug-likeness (QED) is 0.901. The molecule has 1 aromatic rings. The molecule has 0 radical (unpaired) electrons. The number of nitrogens with zero attached hydrogens (tertiary/aromatic N) is 3. The largest absolute Gasteiger partial charge is 0.327 e. The number of aryl methyl sites for hydroxylation is 1. The summed E-state index contributed by atoms with van der Waals surface area (Å²) >= 11 is 0. The molecule has 0 amide bonds. The highest BCUT2D eigenvalue weighted by Gasteiger charge is 2.49. The van der Waals surface area contributed by atoms with E-state index in [0.717, 1.165) is 41.8 Å². The van der Waals surface area contributed by atoms with Crippen LogP contribution in [0.1, 0.15) is 37.9 Å². The van der Waals surface area contributed by atoms with Gasteiger partial charge in [0.25, 0.3) is 0 Å². The third-order valence-corrected chi connectivity index (χ3v) is 6.02. The number of aromatic nitrogens is 3. The summed E-state index contributed by atoms with van der Waals surface area (Å²) in [5.74, 6) is 5.64. The number of nitrogens with two attached hydrogens (primary N) is 1. The van der Waals surface area contributed by atoms with Crippen LogP contribution in [-0.2, 0) is 13.5 Å². The van der Waals surface area contributed by atoms with Crippen LogP contribution in [0.5, 0.6) is 0 Å². The molecule has 1 atom stereocenters. The third kappa shape index (κ3) is 1.92. The lowest BCUT2D eigenvalue weighted by Gasteiger charge is -2.56. The highest BCUT2D eigenvalue weighted by Crippen LogP contribution is 2.57. The first-order chi connectivity index (χ1) is 9.20. The SMILES string of the molecule is Cn1cnnc1CC(N)C1C2CC3CC(C2)CC1C3. The molecule has 4 bridgehead atoms. The van der Waals surface area contributed by atoms with E-state index in [1.54, 1.807) is 6.33 Å². The Kier molecular flexibility index (Phi) is 2.69. The van der Waals surface area contributed by atoms with Gasteiger partial charge in [0.05, 0.1) is 0 Å². The Morgan fingerprint density at radius 2 is 1.84 bits per heavy atom. The minimum atomic E-state index is 0.276. The second-order valence-electron chi connectivity index (χ2n) is 7.23. The Hall–Kier alpha value is -0.900. The number of hydrogen-bond donors (Lipinski definition) is 1.